The predicted octanol–water partition coefficient (Wildman–Crippen LogP) is 2.00. The molecule has 0 heterocycles. The molecule has 24 heavy (non-hydrogen) atoms. The number of ether oxygens (including phenoxy) is 1. The monoisotopic (exact) mass is 365 g/mol. The van der Waals surface area contributed by atoms with Crippen molar-refractivity contribution in [2.75, 3.05) is 34.3 Å². The van der Waals surface area contributed by atoms with Crippen molar-refractivity contribution in [3.05, 3.63) is 12.2 Å². The first-order chi connectivity index (χ1) is 10.9. The molecule has 0 aliphatic rings. The molecule has 7 nitrogen and oxygen atoms in total. The summed E-state index contributed by atoms with van der Waals surface area (Å²) >= 11 is 0. The van der Waals surface area contributed by atoms with Gasteiger partial charge in [-0.25, -0.2) is 4.79 Å². The van der Waals surface area contributed by atoms with E-state index in [2.05, 4.69) is 27.7 Å². The van der Waals surface area contributed by atoms with Gasteiger partial charge in [-0.3, -0.25) is 4.57 Å². The van der Waals surface area contributed by atoms with Gasteiger partial charge in [-0.1, -0.05) is 13.0 Å². The molecule has 0 amide bonds. The van der Waals surface area contributed by atoms with Crippen LogP contribution in [0.4, 0.5) is 0 Å². The minimum atomic E-state index is -4.72. The third kappa shape index (κ3) is 14.8. The molecule has 0 saturated heterocycles. The van der Waals surface area contributed by atoms with E-state index in [0.717, 1.165) is 30.3 Å². The molecule has 0 aromatic carbocycles. The number of rotatable bonds is 13. The van der Waals surface area contributed by atoms with E-state index in [0.29, 0.717) is 31.4 Å². The summed E-state index contributed by atoms with van der Waals surface area (Å²) in [6.45, 7) is 6.31. The number of hydrogen-bond donors (Lipinski definition) is 1. The number of quaternary nitrogens is 1. The van der Waals surface area contributed by atoms with Crippen LogP contribution in [0.2, 0.25) is 0 Å². The lowest BCUT2D eigenvalue weighted by Crippen LogP contribution is -2.35. The molecule has 0 rings (SSSR count). The van der Waals surface area contributed by atoms with Crippen LogP contribution >= 0.6 is 7.82 Å². The molecular weight excluding hydrogens is 333 g/mol. The normalized spacial score (nSPS) is 15.6. The Morgan fingerprint density at radius 2 is 1.79 bits per heavy atom. The third-order valence-corrected chi connectivity index (χ3v) is 3.95. The number of esters is 1. The van der Waals surface area contributed by atoms with Gasteiger partial charge in [0.2, 0.25) is 0 Å². The van der Waals surface area contributed by atoms with Crippen LogP contribution in [0.1, 0.15) is 45.4 Å². The van der Waals surface area contributed by atoms with E-state index < -0.39 is 19.9 Å². The first-order valence-corrected chi connectivity index (χ1v) is 9.75. The molecule has 2 unspecified atom stereocenters. The molecule has 142 valence electrons. The fourth-order valence-electron chi connectivity index (χ4n) is 2.17. The molecule has 0 aromatic heterocycles. The minimum Gasteiger partial charge on any atom is -0.756 e. The van der Waals surface area contributed by atoms with Gasteiger partial charge < -0.3 is 23.5 Å². The van der Waals surface area contributed by atoms with Crippen molar-refractivity contribution in [2.24, 2.45) is 0 Å². The quantitative estimate of drug-likeness (QED) is 0.176. The molecule has 0 aliphatic carbocycles. The van der Waals surface area contributed by atoms with Gasteiger partial charge in [0.25, 0.3) is 7.82 Å². The molecule has 0 aliphatic heterocycles. The summed E-state index contributed by atoms with van der Waals surface area (Å²) in [5, 5.41) is 0. The largest absolute Gasteiger partial charge is 0.756 e. The van der Waals surface area contributed by atoms with E-state index in [1.165, 1.54) is 0 Å². The average Bonchev–Trinajstić information content (AvgIpc) is 2.38. The van der Waals surface area contributed by atoms with E-state index in [1.54, 1.807) is 6.92 Å². The van der Waals surface area contributed by atoms with Crippen LogP contribution in [0.5, 0.6) is 0 Å². The molecule has 0 spiro atoms. The molecule has 0 aromatic rings. The molecule has 2 atom stereocenters. The maximum absolute atomic E-state index is 11.2. The Morgan fingerprint density at radius 3 is 2.29 bits per heavy atom. The smallest absolute Gasteiger partial charge is 0.333 e. The topological polar surface area (TPSA) is 95.9 Å². The van der Waals surface area contributed by atoms with E-state index >= 15 is 0 Å². The number of carbonyl (C=O) groups excluding carboxylic acids is 1. The van der Waals surface area contributed by atoms with Crippen LogP contribution in [0.25, 0.3) is 0 Å². The summed E-state index contributed by atoms with van der Waals surface area (Å²) in [5.41, 5.74) is 0.370. The Kier molecular flexibility index (Phi) is 10.7. The molecule has 1 N–H and O–H groups in total. The maximum Gasteiger partial charge on any atom is 0.333 e. The molecule has 0 fully saturated rings. The van der Waals surface area contributed by atoms with Crippen LogP contribution in [-0.4, -0.2) is 55.7 Å². The highest BCUT2D eigenvalue weighted by atomic mass is 31.2. The second-order valence-electron chi connectivity index (χ2n) is 7.12. The first-order valence-electron chi connectivity index (χ1n) is 8.26. The number of nitrogens with zero attached hydrogens (tertiary/aromatic N) is 1. The van der Waals surface area contributed by atoms with Crippen molar-refractivity contribution in [3.8, 4) is 0 Å². The van der Waals surface area contributed by atoms with E-state index in [1.807, 2.05) is 0 Å². The van der Waals surface area contributed by atoms with E-state index in [-0.39, 0.29) is 0 Å². The van der Waals surface area contributed by atoms with Crippen molar-refractivity contribution in [1.82, 2.24) is 0 Å². The fraction of sp³-hybridized carbons (Fsp3) is 0.812. The lowest BCUT2D eigenvalue weighted by Gasteiger charge is -2.27. The van der Waals surface area contributed by atoms with Gasteiger partial charge in [-0.15, -0.1) is 0 Å². The molecule has 0 bridgehead atoms. The number of hydrogen-bond acceptors (Lipinski definition) is 5. The number of carbonyl (C=O) groups is 1. The van der Waals surface area contributed by atoms with Crippen molar-refractivity contribution in [2.45, 2.75) is 51.6 Å². The summed E-state index contributed by atoms with van der Waals surface area (Å²) in [6.07, 6.45) is 3.63. The SMILES string of the molecule is C=C(C)C(=O)OCCCCCC(CCC[N+](C)(C)C)OP(=O)([O-])O. The summed E-state index contributed by atoms with van der Waals surface area (Å²) in [4.78, 5) is 31.1. The van der Waals surface area contributed by atoms with E-state index in [4.69, 9.17) is 14.2 Å². The summed E-state index contributed by atoms with van der Waals surface area (Å²) in [5.74, 6) is -0.399. The molecule has 0 saturated carbocycles. The van der Waals surface area contributed by atoms with Crippen molar-refractivity contribution >= 4 is 13.8 Å². The zero-order valence-electron chi connectivity index (χ0n) is 15.3. The van der Waals surface area contributed by atoms with Gasteiger partial charge in [-0.05, 0) is 39.0 Å². The Morgan fingerprint density at radius 1 is 1.21 bits per heavy atom. The zero-order valence-corrected chi connectivity index (χ0v) is 16.2. The highest BCUT2D eigenvalue weighted by molar-refractivity contribution is 7.44. The Bertz CT molecular complexity index is 440. The standard InChI is InChI=1S/C16H32NO6P/c1-14(2)16(18)22-13-8-6-7-10-15(23-24(19,20)21)11-9-12-17(3,4)5/h15H,1,6-13H2,2-5H3,(H-,19,20,21). The number of unbranched alkanes of at least 4 members (excludes halogenated alkanes) is 2. The highest BCUT2D eigenvalue weighted by Gasteiger charge is 2.17. The maximum atomic E-state index is 11.2. The number of phosphoric acid groups is 1. The van der Waals surface area contributed by atoms with Crippen LogP contribution in [0.15, 0.2) is 12.2 Å². The Balaban J connectivity index is 4.06. The van der Waals surface area contributed by atoms with Gasteiger partial charge in [-0.2, -0.15) is 0 Å². The van der Waals surface area contributed by atoms with Crippen molar-refractivity contribution in [3.63, 3.8) is 0 Å². The van der Waals surface area contributed by atoms with Gasteiger partial charge in [0.15, 0.2) is 0 Å². The highest BCUT2D eigenvalue weighted by Crippen LogP contribution is 2.35. The lowest BCUT2D eigenvalue weighted by atomic mass is 10.1. The number of phosphoric ester groups is 1. The molecule has 8 heteroatoms. The van der Waals surface area contributed by atoms with Gasteiger partial charge in [0, 0.05) is 5.57 Å². The second kappa shape index (κ2) is 11.0. The van der Waals surface area contributed by atoms with Gasteiger partial charge in [0.05, 0.1) is 40.4 Å². The Labute approximate surface area is 145 Å². The van der Waals surface area contributed by atoms with Crippen molar-refractivity contribution < 1.29 is 32.9 Å². The summed E-state index contributed by atoms with van der Waals surface area (Å²) < 4.78 is 21.5. The fourth-order valence-corrected chi connectivity index (χ4v) is 2.76. The van der Waals surface area contributed by atoms with Crippen LogP contribution in [0, 0.1) is 0 Å². The first kappa shape index (κ1) is 23.3. The van der Waals surface area contributed by atoms with Crippen LogP contribution in [0.3, 0.4) is 0 Å². The minimum absolute atomic E-state index is 0.318. The summed E-state index contributed by atoms with van der Waals surface area (Å²) in [6, 6.07) is 0. The van der Waals surface area contributed by atoms with Gasteiger partial charge in [0.1, 0.15) is 0 Å². The third-order valence-electron chi connectivity index (χ3n) is 3.39. The predicted molar refractivity (Wildman–Crippen MR) is 91.1 cm³/mol. The second-order valence-corrected chi connectivity index (χ2v) is 8.27. The lowest BCUT2D eigenvalue weighted by molar-refractivity contribution is -0.870. The average molecular weight is 365 g/mol. The van der Waals surface area contributed by atoms with Crippen LogP contribution < -0.4 is 4.89 Å². The molecular formula is C16H32NO6P. The summed E-state index contributed by atoms with van der Waals surface area (Å²) in [7, 11) is 1.46. The Hall–Kier alpha value is -0.720. The van der Waals surface area contributed by atoms with Crippen molar-refractivity contribution in [1.29, 1.82) is 0 Å². The molecule has 0 radical (unpaired) electrons. The van der Waals surface area contributed by atoms with Gasteiger partial charge >= 0.3 is 5.97 Å². The van der Waals surface area contributed by atoms with E-state index in [9.17, 15) is 14.3 Å². The zero-order chi connectivity index (χ0) is 18.8. The van der Waals surface area contributed by atoms with Crippen LogP contribution in [-0.2, 0) is 18.6 Å².